The fourth-order valence-corrected chi connectivity index (χ4v) is 3.80. The minimum absolute atomic E-state index is 0.0889. The minimum atomic E-state index is -0.747. The summed E-state index contributed by atoms with van der Waals surface area (Å²) in [5, 5.41) is 15.2. The maximum absolute atomic E-state index is 11.9. The third kappa shape index (κ3) is 7.07. The third-order valence-electron chi connectivity index (χ3n) is 4.25. The average molecular weight is 316 g/mol. The van der Waals surface area contributed by atoms with Gasteiger partial charge in [0.25, 0.3) is 0 Å². The van der Waals surface area contributed by atoms with Crippen molar-refractivity contribution in [2.75, 3.05) is 12.8 Å². The molecule has 1 rings (SSSR count). The Labute approximate surface area is 131 Å². The van der Waals surface area contributed by atoms with Gasteiger partial charge in [0.05, 0.1) is 0 Å². The standard InChI is InChI=1S/C15H28N2O3S/c1-3-11(7-8-14(18)19)9-10-16-15(20)17-12-5-4-6-13(12)21-2/h11-13H,3-10H2,1-2H3,(H,18,19)(H2,16,17,20). The van der Waals surface area contributed by atoms with Crippen molar-refractivity contribution in [3.8, 4) is 0 Å². The number of carboxylic acid groups (broad SMARTS) is 1. The lowest BCUT2D eigenvalue weighted by atomic mass is 9.97. The van der Waals surface area contributed by atoms with Gasteiger partial charge >= 0.3 is 12.0 Å². The van der Waals surface area contributed by atoms with E-state index >= 15 is 0 Å². The summed E-state index contributed by atoms with van der Waals surface area (Å²) in [4.78, 5) is 22.4. The van der Waals surface area contributed by atoms with E-state index in [2.05, 4.69) is 23.8 Å². The van der Waals surface area contributed by atoms with Crippen molar-refractivity contribution in [1.29, 1.82) is 0 Å². The number of aliphatic carboxylic acids is 1. The maximum atomic E-state index is 11.9. The minimum Gasteiger partial charge on any atom is -0.481 e. The summed E-state index contributed by atoms with van der Waals surface area (Å²) in [7, 11) is 0. The molecule has 0 heterocycles. The van der Waals surface area contributed by atoms with Crippen LogP contribution in [-0.2, 0) is 4.79 Å². The van der Waals surface area contributed by atoms with E-state index in [9.17, 15) is 9.59 Å². The van der Waals surface area contributed by atoms with Gasteiger partial charge in [-0.2, -0.15) is 11.8 Å². The van der Waals surface area contributed by atoms with Crippen LogP contribution in [0, 0.1) is 5.92 Å². The molecule has 122 valence electrons. The largest absolute Gasteiger partial charge is 0.481 e. The molecule has 3 unspecified atom stereocenters. The molecule has 2 amide bonds. The number of urea groups is 1. The van der Waals surface area contributed by atoms with Crippen LogP contribution in [0.25, 0.3) is 0 Å². The Bertz CT molecular complexity index is 339. The summed E-state index contributed by atoms with van der Waals surface area (Å²) in [5.74, 6) is -0.379. The molecule has 1 fully saturated rings. The molecule has 0 spiro atoms. The Balaban J connectivity index is 2.18. The van der Waals surface area contributed by atoms with Gasteiger partial charge in [0.1, 0.15) is 0 Å². The lowest BCUT2D eigenvalue weighted by Crippen LogP contribution is -2.45. The van der Waals surface area contributed by atoms with Gasteiger partial charge in [-0.25, -0.2) is 4.79 Å². The Morgan fingerprint density at radius 2 is 2.10 bits per heavy atom. The quantitative estimate of drug-likeness (QED) is 0.611. The van der Waals surface area contributed by atoms with Crippen LogP contribution in [0.2, 0.25) is 0 Å². The summed E-state index contributed by atoms with van der Waals surface area (Å²) in [6, 6.07) is 0.197. The van der Waals surface area contributed by atoms with Gasteiger partial charge in [-0.05, 0) is 37.9 Å². The Morgan fingerprint density at radius 3 is 2.71 bits per heavy atom. The zero-order valence-electron chi connectivity index (χ0n) is 13.1. The summed E-state index contributed by atoms with van der Waals surface area (Å²) < 4.78 is 0. The van der Waals surface area contributed by atoms with Crippen molar-refractivity contribution in [2.45, 2.75) is 63.2 Å². The molecule has 0 aromatic carbocycles. The van der Waals surface area contributed by atoms with E-state index in [-0.39, 0.29) is 18.5 Å². The van der Waals surface area contributed by atoms with Crippen molar-refractivity contribution in [3.05, 3.63) is 0 Å². The highest BCUT2D eigenvalue weighted by Gasteiger charge is 2.27. The Hall–Kier alpha value is -0.910. The van der Waals surface area contributed by atoms with E-state index in [1.807, 2.05) is 11.8 Å². The van der Waals surface area contributed by atoms with Gasteiger partial charge in [-0.3, -0.25) is 4.79 Å². The van der Waals surface area contributed by atoms with E-state index < -0.39 is 5.97 Å². The molecule has 3 atom stereocenters. The van der Waals surface area contributed by atoms with Crippen LogP contribution in [-0.4, -0.2) is 41.2 Å². The number of rotatable bonds is 9. The highest BCUT2D eigenvalue weighted by molar-refractivity contribution is 7.99. The number of hydrogen-bond donors (Lipinski definition) is 3. The fraction of sp³-hybridized carbons (Fsp3) is 0.867. The molecule has 1 aliphatic rings. The van der Waals surface area contributed by atoms with Crippen LogP contribution in [0.1, 0.15) is 51.9 Å². The summed E-state index contributed by atoms with van der Waals surface area (Å²) in [5.41, 5.74) is 0. The highest BCUT2D eigenvalue weighted by atomic mass is 32.2. The summed E-state index contributed by atoms with van der Waals surface area (Å²) in [6.45, 7) is 2.68. The second kappa shape index (κ2) is 9.92. The van der Waals surface area contributed by atoms with E-state index in [1.54, 1.807) is 0 Å². The molecule has 1 saturated carbocycles. The third-order valence-corrected chi connectivity index (χ3v) is 5.42. The second-order valence-corrected chi connectivity index (χ2v) is 6.78. The topological polar surface area (TPSA) is 78.4 Å². The van der Waals surface area contributed by atoms with Crippen LogP contribution < -0.4 is 10.6 Å². The molecular formula is C15H28N2O3S. The molecule has 0 radical (unpaired) electrons. The average Bonchev–Trinajstić information content (AvgIpc) is 2.89. The molecule has 5 nitrogen and oxygen atoms in total. The zero-order chi connectivity index (χ0) is 15.7. The first-order valence-corrected chi connectivity index (χ1v) is 9.14. The molecular weight excluding hydrogens is 288 g/mol. The lowest BCUT2D eigenvalue weighted by molar-refractivity contribution is -0.137. The van der Waals surface area contributed by atoms with Crippen molar-refractivity contribution < 1.29 is 14.7 Å². The Kier molecular flexibility index (Phi) is 8.57. The lowest BCUT2D eigenvalue weighted by Gasteiger charge is -2.20. The van der Waals surface area contributed by atoms with Crippen LogP contribution in [0.5, 0.6) is 0 Å². The molecule has 0 aromatic heterocycles. The van der Waals surface area contributed by atoms with E-state index in [4.69, 9.17) is 5.11 Å². The smallest absolute Gasteiger partial charge is 0.315 e. The number of hydrogen-bond acceptors (Lipinski definition) is 3. The number of carbonyl (C=O) groups is 2. The highest BCUT2D eigenvalue weighted by Crippen LogP contribution is 2.28. The first-order valence-electron chi connectivity index (χ1n) is 7.85. The predicted molar refractivity (Wildman–Crippen MR) is 86.7 cm³/mol. The Morgan fingerprint density at radius 1 is 1.33 bits per heavy atom. The molecule has 21 heavy (non-hydrogen) atoms. The number of thioether (sulfide) groups is 1. The first-order chi connectivity index (χ1) is 10.1. The van der Waals surface area contributed by atoms with E-state index in [1.165, 1.54) is 12.8 Å². The molecule has 0 aromatic rings. The van der Waals surface area contributed by atoms with Gasteiger partial charge in [0.2, 0.25) is 0 Å². The van der Waals surface area contributed by atoms with Gasteiger partial charge in [0.15, 0.2) is 0 Å². The van der Waals surface area contributed by atoms with Crippen LogP contribution in [0.3, 0.4) is 0 Å². The van der Waals surface area contributed by atoms with Gasteiger partial charge < -0.3 is 15.7 Å². The normalized spacial score (nSPS) is 22.8. The van der Waals surface area contributed by atoms with Crippen molar-refractivity contribution in [1.82, 2.24) is 10.6 Å². The van der Waals surface area contributed by atoms with E-state index in [0.717, 1.165) is 19.3 Å². The molecule has 0 saturated heterocycles. The monoisotopic (exact) mass is 316 g/mol. The summed E-state index contributed by atoms with van der Waals surface area (Å²) >= 11 is 1.83. The first kappa shape index (κ1) is 18.1. The molecule has 6 heteroatoms. The van der Waals surface area contributed by atoms with Crippen LogP contribution in [0.15, 0.2) is 0 Å². The second-order valence-electron chi connectivity index (χ2n) is 5.71. The van der Waals surface area contributed by atoms with Gasteiger partial charge in [0, 0.05) is 24.3 Å². The zero-order valence-corrected chi connectivity index (χ0v) is 13.9. The molecule has 3 N–H and O–H groups in total. The maximum Gasteiger partial charge on any atom is 0.315 e. The number of carbonyl (C=O) groups excluding carboxylic acids is 1. The fourth-order valence-electron chi connectivity index (χ4n) is 2.86. The number of amides is 2. The molecule has 0 aliphatic heterocycles. The van der Waals surface area contributed by atoms with Crippen molar-refractivity contribution in [2.24, 2.45) is 5.92 Å². The van der Waals surface area contributed by atoms with Crippen molar-refractivity contribution in [3.63, 3.8) is 0 Å². The van der Waals surface area contributed by atoms with E-state index in [0.29, 0.717) is 24.1 Å². The van der Waals surface area contributed by atoms with Crippen LogP contribution >= 0.6 is 11.8 Å². The number of nitrogens with one attached hydrogen (secondary N) is 2. The number of carboxylic acids is 1. The van der Waals surface area contributed by atoms with Gasteiger partial charge in [-0.15, -0.1) is 0 Å². The van der Waals surface area contributed by atoms with Crippen LogP contribution in [0.4, 0.5) is 4.79 Å². The molecule has 0 bridgehead atoms. The SMILES string of the molecule is CCC(CCNC(=O)NC1CCCC1SC)CCC(=O)O. The summed E-state index contributed by atoms with van der Waals surface area (Å²) in [6.07, 6.45) is 8.21. The van der Waals surface area contributed by atoms with Gasteiger partial charge in [-0.1, -0.05) is 19.8 Å². The molecule has 1 aliphatic carbocycles. The predicted octanol–water partition coefficient (Wildman–Crippen LogP) is 2.85. The van der Waals surface area contributed by atoms with Crippen molar-refractivity contribution >= 4 is 23.8 Å².